The number of benzene rings is 2. The van der Waals surface area contributed by atoms with Crippen molar-refractivity contribution in [3.63, 3.8) is 0 Å². The van der Waals surface area contributed by atoms with Crippen LogP contribution in [-0.2, 0) is 4.79 Å². The molecule has 1 unspecified atom stereocenters. The molecule has 1 aliphatic carbocycles. The molecule has 1 atom stereocenters. The second-order valence-electron chi connectivity index (χ2n) is 6.86. The highest BCUT2D eigenvalue weighted by atomic mass is 79.9. The molecule has 1 aliphatic heterocycles. The quantitative estimate of drug-likeness (QED) is 0.567. The van der Waals surface area contributed by atoms with Crippen molar-refractivity contribution in [3.8, 4) is 0 Å². The molecule has 0 saturated carbocycles. The lowest BCUT2D eigenvalue weighted by Gasteiger charge is -2.35. The molecule has 1 N–H and O–H groups in total. The van der Waals surface area contributed by atoms with Gasteiger partial charge in [-0.2, -0.15) is 0 Å². The van der Waals surface area contributed by atoms with Crippen LogP contribution in [0, 0.1) is 0 Å². The minimum atomic E-state index is -0.107. The van der Waals surface area contributed by atoms with Gasteiger partial charge < -0.3 is 5.32 Å². The van der Waals surface area contributed by atoms with Crippen LogP contribution in [0.3, 0.4) is 0 Å². The van der Waals surface area contributed by atoms with Gasteiger partial charge >= 0.3 is 0 Å². The monoisotopic (exact) mass is 404 g/mol. The number of halogens is 1. The number of pyridine rings is 1. The van der Waals surface area contributed by atoms with E-state index in [2.05, 4.69) is 56.6 Å². The predicted molar refractivity (Wildman–Crippen MR) is 108 cm³/mol. The minimum Gasteiger partial charge on any atom is -0.373 e. The van der Waals surface area contributed by atoms with Crippen LogP contribution in [0.1, 0.15) is 36.4 Å². The zero-order valence-corrected chi connectivity index (χ0v) is 15.7. The average Bonchev–Trinajstić information content (AvgIpc) is 2.68. The summed E-state index contributed by atoms with van der Waals surface area (Å²) in [6.45, 7) is 0. The van der Waals surface area contributed by atoms with Gasteiger partial charge in [0.05, 0.1) is 17.2 Å². The van der Waals surface area contributed by atoms with Gasteiger partial charge in [-0.25, -0.2) is 0 Å². The van der Waals surface area contributed by atoms with Crippen LogP contribution in [0.15, 0.2) is 64.8 Å². The van der Waals surface area contributed by atoms with Crippen LogP contribution < -0.4 is 5.32 Å². The number of aromatic nitrogens is 1. The van der Waals surface area contributed by atoms with Crippen molar-refractivity contribution in [1.82, 2.24) is 4.98 Å². The highest BCUT2D eigenvalue weighted by molar-refractivity contribution is 9.10. The van der Waals surface area contributed by atoms with Crippen molar-refractivity contribution in [2.24, 2.45) is 0 Å². The molecule has 0 saturated heterocycles. The number of carbonyl (C=O) groups is 1. The predicted octanol–water partition coefficient (Wildman–Crippen LogP) is 5.67. The van der Waals surface area contributed by atoms with Gasteiger partial charge in [0.2, 0.25) is 0 Å². The molecule has 26 heavy (non-hydrogen) atoms. The fraction of sp³-hybridized carbons (Fsp3) is 0.182. The molecule has 2 aliphatic rings. The molecule has 3 nitrogen and oxygen atoms in total. The number of nitrogens with one attached hydrogen (secondary N) is 1. The number of rotatable bonds is 1. The van der Waals surface area contributed by atoms with Crippen LogP contribution in [-0.4, -0.2) is 10.8 Å². The number of fused-ring (bicyclic) bond motifs is 4. The van der Waals surface area contributed by atoms with Crippen molar-refractivity contribution < 1.29 is 4.79 Å². The third-order valence-electron chi connectivity index (χ3n) is 5.35. The van der Waals surface area contributed by atoms with Gasteiger partial charge in [-0.15, -0.1) is 0 Å². The molecule has 4 heteroatoms. The van der Waals surface area contributed by atoms with E-state index in [9.17, 15) is 4.79 Å². The van der Waals surface area contributed by atoms with Crippen molar-refractivity contribution in [1.29, 1.82) is 0 Å². The standard InChI is InChI=1S/C22H17BrN2O/c23-14-8-6-13(7-9-14)21-20-15(3-1-5-19(20)26)16-10-11-18-17(22(16)25-21)4-2-12-24-18/h2,4,6-12,21,25H,1,3,5H2. The van der Waals surface area contributed by atoms with Crippen LogP contribution >= 0.6 is 15.9 Å². The zero-order valence-electron chi connectivity index (χ0n) is 14.1. The summed E-state index contributed by atoms with van der Waals surface area (Å²) in [5, 5.41) is 4.78. The van der Waals surface area contributed by atoms with Gasteiger partial charge in [0, 0.05) is 33.6 Å². The highest BCUT2D eigenvalue weighted by Gasteiger charge is 2.34. The molecule has 0 bridgehead atoms. The first-order chi connectivity index (χ1) is 12.7. The van der Waals surface area contributed by atoms with Gasteiger partial charge in [0.1, 0.15) is 0 Å². The molecule has 128 valence electrons. The molecule has 1 aromatic heterocycles. The van der Waals surface area contributed by atoms with Gasteiger partial charge in [-0.3, -0.25) is 9.78 Å². The normalized spacial score (nSPS) is 19.1. The van der Waals surface area contributed by atoms with E-state index in [1.807, 2.05) is 24.4 Å². The maximum Gasteiger partial charge on any atom is 0.161 e. The second-order valence-corrected chi connectivity index (χ2v) is 7.77. The Kier molecular flexibility index (Phi) is 3.68. The molecular weight excluding hydrogens is 388 g/mol. The summed E-state index contributed by atoms with van der Waals surface area (Å²) in [4.78, 5) is 17.3. The van der Waals surface area contributed by atoms with Crippen molar-refractivity contribution in [3.05, 3.63) is 75.9 Å². The van der Waals surface area contributed by atoms with Crippen molar-refractivity contribution in [2.45, 2.75) is 25.3 Å². The number of Topliss-reactive ketones (excluding diaryl/α,β-unsaturated/α-hetero) is 1. The third kappa shape index (κ3) is 2.40. The van der Waals surface area contributed by atoms with E-state index >= 15 is 0 Å². The van der Waals surface area contributed by atoms with Gasteiger partial charge in [0.25, 0.3) is 0 Å². The minimum absolute atomic E-state index is 0.107. The number of anilines is 1. The summed E-state index contributed by atoms with van der Waals surface area (Å²) in [6, 6.07) is 16.4. The van der Waals surface area contributed by atoms with E-state index in [1.165, 1.54) is 5.57 Å². The highest BCUT2D eigenvalue weighted by Crippen LogP contribution is 2.47. The Morgan fingerprint density at radius 1 is 1.04 bits per heavy atom. The fourth-order valence-corrected chi connectivity index (χ4v) is 4.42. The summed E-state index contributed by atoms with van der Waals surface area (Å²) in [6.07, 6.45) is 4.33. The third-order valence-corrected chi connectivity index (χ3v) is 5.88. The Morgan fingerprint density at radius 2 is 1.88 bits per heavy atom. The van der Waals surface area contributed by atoms with Crippen LogP contribution in [0.25, 0.3) is 16.5 Å². The summed E-state index contributed by atoms with van der Waals surface area (Å²) in [7, 11) is 0. The topological polar surface area (TPSA) is 42.0 Å². The second kappa shape index (κ2) is 6.06. The lowest BCUT2D eigenvalue weighted by molar-refractivity contribution is -0.116. The maximum atomic E-state index is 12.8. The number of carbonyl (C=O) groups excluding carboxylic acids is 1. The summed E-state index contributed by atoms with van der Waals surface area (Å²) >= 11 is 3.50. The smallest absolute Gasteiger partial charge is 0.161 e. The van der Waals surface area contributed by atoms with Gasteiger partial charge in [-0.05, 0) is 54.3 Å². The van der Waals surface area contributed by atoms with Crippen LogP contribution in [0.4, 0.5) is 5.69 Å². The summed E-state index contributed by atoms with van der Waals surface area (Å²) in [5.74, 6) is 0.267. The number of hydrogen-bond acceptors (Lipinski definition) is 3. The number of ketones is 1. The summed E-state index contributed by atoms with van der Waals surface area (Å²) < 4.78 is 1.04. The Morgan fingerprint density at radius 3 is 2.73 bits per heavy atom. The number of hydrogen-bond donors (Lipinski definition) is 1. The lowest BCUT2D eigenvalue weighted by Crippen LogP contribution is -2.27. The maximum absolute atomic E-state index is 12.8. The Balaban J connectivity index is 1.77. The van der Waals surface area contributed by atoms with E-state index in [1.54, 1.807) is 0 Å². The average molecular weight is 405 g/mol. The van der Waals surface area contributed by atoms with E-state index in [0.29, 0.717) is 6.42 Å². The molecule has 3 aromatic rings. The molecule has 0 amide bonds. The number of allylic oxidation sites excluding steroid dienone is 1. The van der Waals surface area contributed by atoms with E-state index in [0.717, 1.165) is 50.6 Å². The SMILES string of the molecule is O=C1CCCC2=C1C(c1ccc(Br)cc1)Nc1c2ccc2ncccc12. The van der Waals surface area contributed by atoms with Crippen LogP contribution in [0.5, 0.6) is 0 Å². The molecule has 0 spiro atoms. The molecule has 2 heterocycles. The van der Waals surface area contributed by atoms with Crippen molar-refractivity contribution >= 4 is 43.9 Å². The van der Waals surface area contributed by atoms with Gasteiger partial charge in [0.15, 0.2) is 5.78 Å². The summed E-state index contributed by atoms with van der Waals surface area (Å²) in [5.41, 5.74) is 6.48. The number of nitrogens with zero attached hydrogens (tertiary/aromatic N) is 1. The molecule has 0 radical (unpaired) electrons. The van der Waals surface area contributed by atoms with E-state index in [4.69, 9.17) is 0 Å². The van der Waals surface area contributed by atoms with E-state index in [-0.39, 0.29) is 11.8 Å². The lowest BCUT2D eigenvalue weighted by atomic mass is 9.77. The Bertz CT molecular complexity index is 1070. The Hall–Kier alpha value is -2.46. The first kappa shape index (κ1) is 15.8. The molecule has 5 rings (SSSR count). The van der Waals surface area contributed by atoms with Crippen molar-refractivity contribution in [2.75, 3.05) is 5.32 Å². The van der Waals surface area contributed by atoms with E-state index < -0.39 is 0 Å². The van der Waals surface area contributed by atoms with Gasteiger partial charge in [-0.1, -0.05) is 34.1 Å². The molecule has 0 fully saturated rings. The largest absolute Gasteiger partial charge is 0.373 e. The molecule has 2 aromatic carbocycles. The first-order valence-electron chi connectivity index (χ1n) is 8.89. The van der Waals surface area contributed by atoms with Crippen LogP contribution in [0.2, 0.25) is 0 Å². The zero-order chi connectivity index (χ0) is 17.7. The molecular formula is C22H17BrN2O. The first-order valence-corrected chi connectivity index (χ1v) is 9.68. The fourth-order valence-electron chi connectivity index (χ4n) is 4.16. The Labute approximate surface area is 160 Å².